The lowest BCUT2D eigenvalue weighted by Gasteiger charge is -2.43. The molecule has 0 bridgehead atoms. The number of carboxylic acids is 1. The molecule has 0 spiro atoms. The van der Waals surface area contributed by atoms with Crippen LogP contribution in [0.3, 0.4) is 0 Å². The van der Waals surface area contributed by atoms with Gasteiger partial charge in [-0.15, -0.1) is 0 Å². The predicted molar refractivity (Wildman–Crippen MR) is 181 cm³/mol. The fraction of sp³-hybridized carbons (Fsp3) is 0.447. The van der Waals surface area contributed by atoms with Crippen molar-refractivity contribution in [2.75, 3.05) is 27.2 Å². The van der Waals surface area contributed by atoms with E-state index < -0.39 is 23.3 Å². The number of carbonyl (C=O) groups is 2. The van der Waals surface area contributed by atoms with Crippen LogP contribution < -0.4 is 5.32 Å². The van der Waals surface area contributed by atoms with Gasteiger partial charge < -0.3 is 15.3 Å². The monoisotopic (exact) mass is 642 g/mol. The van der Waals surface area contributed by atoms with E-state index in [1.54, 1.807) is 0 Å². The van der Waals surface area contributed by atoms with E-state index in [-0.39, 0.29) is 31.2 Å². The van der Waals surface area contributed by atoms with Gasteiger partial charge in [-0.1, -0.05) is 61.5 Å². The Morgan fingerprint density at radius 3 is 2.21 bits per heavy atom. The normalized spacial score (nSPS) is 22.4. The zero-order valence-corrected chi connectivity index (χ0v) is 27.4. The van der Waals surface area contributed by atoms with E-state index in [1.807, 2.05) is 43.5 Å². The molecular weight excluding hydrogens is 598 g/mol. The molecule has 1 aliphatic heterocycles. The van der Waals surface area contributed by atoms with Crippen molar-refractivity contribution in [1.29, 1.82) is 0 Å². The van der Waals surface area contributed by atoms with Crippen molar-refractivity contribution in [2.24, 2.45) is 5.41 Å². The molecular formula is C38H44F2N4O3. The number of hydrogen-bond donors (Lipinski definition) is 2. The van der Waals surface area contributed by atoms with Crippen molar-refractivity contribution < 1.29 is 23.5 Å². The number of piperidine rings is 1. The number of halogens is 2. The molecule has 3 aromatic carbocycles. The first-order chi connectivity index (χ1) is 22.4. The molecule has 0 radical (unpaired) electrons. The highest BCUT2D eigenvalue weighted by Gasteiger charge is 2.42. The Hall–Kier alpha value is -3.95. The summed E-state index contributed by atoms with van der Waals surface area (Å²) in [7, 11) is 4.10. The van der Waals surface area contributed by atoms with E-state index in [0.717, 1.165) is 57.8 Å². The van der Waals surface area contributed by atoms with Gasteiger partial charge in [-0.05, 0) is 73.1 Å². The molecule has 0 unspecified atom stereocenters. The van der Waals surface area contributed by atoms with Crippen molar-refractivity contribution in [3.63, 3.8) is 0 Å². The minimum Gasteiger partial charge on any atom is -0.480 e. The maximum Gasteiger partial charge on any atom is 0.326 e. The van der Waals surface area contributed by atoms with E-state index in [2.05, 4.69) is 59.5 Å². The van der Waals surface area contributed by atoms with Crippen LogP contribution in [0.2, 0.25) is 0 Å². The molecule has 1 amide bonds. The first kappa shape index (κ1) is 33.0. The Morgan fingerprint density at radius 2 is 1.53 bits per heavy atom. The minimum absolute atomic E-state index is 0.118. The molecule has 9 heteroatoms. The molecule has 7 nitrogen and oxygen atoms in total. The van der Waals surface area contributed by atoms with Gasteiger partial charge in [-0.2, -0.15) is 0 Å². The minimum atomic E-state index is -2.58. The standard InChI is InChI=1S/C38H44F2N4O3/c1-37(16-13-27(14-17-37)44-21-18-38(39,40)19-22-44)36(47)42-33(35(45)46)23-25-7-4-10-30-28(25)9-6-12-32(30)34-31-11-5-8-26(24-43(2)3)29(31)15-20-41-34/h4-12,15,20,27,33H,13-14,16-19,21-24H2,1-3H3,(H,42,47)(H,45,46)/t27?,33-,37?/m0/s1. The highest BCUT2D eigenvalue weighted by molar-refractivity contribution is 6.05. The number of amides is 1. The fourth-order valence-corrected chi connectivity index (χ4v) is 7.53. The van der Waals surface area contributed by atoms with Crippen LogP contribution in [0.1, 0.15) is 56.6 Å². The van der Waals surface area contributed by atoms with Crippen LogP contribution in [-0.2, 0) is 22.6 Å². The predicted octanol–water partition coefficient (Wildman–Crippen LogP) is 6.91. The van der Waals surface area contributed by atoms with E-state index in [9.17, 15) is 23.5 Å². The molecule has 248 valence electrons. The van der Waals surface area contributed by atoms with Gasteiger partial charge in [0.25, 0.3) is 5.92 Å². The maximum atomic E-state index is 13.7. The summed E-state index contributed by atoms with van der Waals surface area (Å²) in [5.74, 6) is -3.93. The molecule has 4 aromatic rings. The molecule has 2 fully saturated rings. The molecule has 2 heterocycles. The topological polar surface area (TPSA) is 85.8 Å². The number of rotatable bonds is 9. The number of pyridine rings is 1. The number of aromatic nitrogens is 1. The lowest BCUT2D eigenvalue weighted by atomic mass is 9.72. The molecule has 1 aliphatic carbocycles. The maximum absolute atomic E-state index is 13.7. The van der Waals surface area contributed by atoms with Crippen molar-refractivity contribution >= 4 is 33.4 Å². The van der Waals surface area contributed by atoms with Gasteiger partial charge in [-0.25, -0.2) is 13.6 Å². The summed E-state index contributed by atoms with van der Waals surface area (Å²) in [5.41, 5.74) is 3.18. The van der Waals surface area contributed by atoms with Gasteiger partial charge in [0, 0.05) is 67.5 Å². The third kappa shape index (κ3) is 7.02. The van der Waals surface area contributed by atoms with Gasteiger partial charge in [0.1, 0.15) is 6.04 Å². The molecule has 1 saturated heterocycles. The van der Waals surface area contributed by atoms with Crippen LogP contribution in [0.25, 0.3) is 32.8 Å². The zero-order chi connectivity index (χ0) is 33.3. The molecule has 1 aromatic heterocycles. The van der Waals surface area contributed by atoms with Gasteiger partial charge in [0.05, 0.1) is 5.69 Å². The largest absolute Gasteiger partial charge is 0.480 e. The van der Waals surface area contributed by atoms with Gasteiger partial charge in [0.2, 0.25) is 5.91 Å². The van der Waals surface area contributed by atoms with Crippen LogP contribution in [-0.4, -0.2) is 77.0 Å². The number of nitrogens with zero attached hydrogens (tertiary/aromatic N) is 3. The Balaban J connectivity index is 1.21. The van der Waals surface area contributed by atoms with Gasteiger partial charge >= 0.3 is 5.97 Å². The SMILES string of the molecule is CN(C)Cc1cccc2c(-c3cccc4c(C[C@H](NC(=O)C5(C)CCC(N6CCC(F)(F)CC6)CC5)C(=O)O)cccc34)nccc12. The third-order valence-corrected chi connectivity index (χ3v) is 10.3. The number of alkyl halides is 2. The molecule has 2 aliphatic rings. The van der Waals surface area contributed by atoms with E-state index in [1.165, 1.54) is 5.56 Å². The number of carbonyl (C=O) groups excluding carboxylic acids is 1. The lowest BCUT2D eigenvalue weighted by Crippen LogP contribution is -2.52. The molecule has 47 heavy (non-hydrogen) atoms. The van der Waals surface area contributed by atoms with Gasteiger partial charge in [0.15, 0.2) is 0 Å². The second-order valence-electron chi connectivity index (χ2n) is 14.0. The van der Waals surface area contributed by atoms with Crippen LogP contribution in [0.15, 0.2) is 66.9 Å². The van der Waals surface area contributed by atoms with Gasteiger partial charge in [-0.3, -0.25) is 14.7 Å². The number of nitrogens with one attached hydrogen (secondary N) is 1. The van der Waals surface area contributed by atoms with Crippen LogP contribution >= 0.6 is 0 Å². The number of carboxylic acid groups (broad SMARTS) is 1. The van der Waals surface area contributed by atoms with E-state index >= 15 is 0 Å². The molecule has 6 rings (SSSR count). The van der Waals surface area contributed by atoms with Crippen molar-refractivity contribution in [1.82, 2.24) is 20.1 Å². The van der Waals surface area contributed by atoms with Crippen molar-refractivity contribution in [3.8, 4) is 11.3 Å². The van der Waals surface area contributed by atoms with Crippen LogP contribution in [0, 0.1) is 5.41 Å². The average Bonchev–Trinajstić information content (AvgIpc) is 3.04. The molecule has 1 saturated carbocycles. The van der Waals surface area contributed by atoms with Crippen molar-refractivity contribution in [3.05, 3.63) is 78.0 Å². The summed E-state index contributed by atoms with van der Waals surface area (Å²) in [5, 5.41) is 17.2. The molecule has 1 atom stereocenters. The quantitative estimate of drug-likeness (QED) is 0.207. The highest BCUT2D eigenvalue weighted by atomic mass is 19.3. The van der Waals surface area contributed by atoms with Crippen LogP contribution in [0.5, 0.6) is 0 Å². The number of likely N-dealkylation sites (tertiary alicyclic amines) is 1. The third-order valence-electron chi connectivity index (χ3n) is 10.3. The zero-order valence-electron chi connectivity index (χ0n) is 27.4. The van der Waals surface area contributed by atoms with E-state index in [4.69, 9.17) is 4.98 Å². The average molecular weight is 643 g/mol. The highest BCUT2D eigenvalue weighted by Crippen LogP contribution is 2.40. The second-order valence-corrected chi connectivity index (χ2v) is 14.0. The summed E-state index contributed by atoms with van der Waals surface area (Å²) in [6.07, 6.45) is 4.40. The number of aliphatic carboxylic acids is 1. The second kappa shape index (κ2) is 13.3. The summed E-state index contributed by atoms with van der Waals surface area (Å²) in [6, 6.07) is 19.3. The lowest BCUT2D eigenvalue weighted by molar-refractivity contribution is -0.144. The Kier molecular flexibility index (Phi) is 9.31. The van der Waals surface area contributed by atoms with Crippen molar-refractivity contribution in [2.45, 2.75) is 76.4 Å². The van der Waals surface area contributed by atoms with Crippen LogP contribution in [0.4, 0.5) is 8.78 Å². The number of fused-ring (bicyclic) bond motifs is 2. The summed E-state index contributed by atoms with van der Waals surface area (Å²) >= 11 is 0. The number of hydrogen-bond acceptors (Lipinski definition) is 5. The first-order valence-corrected chi connectivity index (χ1v) is 16.6. The Morgan fingerprint density at radius 1 is 0.915 bits per heavy atom. The smallest absolute Gasteiger partial charge is 0.326 e. The summed E-state index contributed by atoms with van der Waals surface area (Å²) < 4.78 is 27.3. The van der Waals surface area contributed by atoms with E-state index in [0.29, 0.717) is 25.9 Å². The molecule has 2 N–H and O–H groups in total. The Labute approximate surface area is 275 Å². The summed E-state index contributed by atoms with van der Waals surface area (Å²) in [4.78, 5) is 35.2. The fourth-order valence-electron chi connectivity index (χ4n) is 7.53. The summed E-state index contributed by atoms with van der Waals surface area (Å²) in [6.45, 7) is 3.46. The number of benzene rings is 3. The first-order valence-electron chi connectivity index (χ1n) is 16.6. The Bertz CT molecular complexity index is 1770.